The molecular formula is C23H23N5O3. The van der Waals surface area contributed by atoms with Crippen LogP contribution >= 0.6 is 0 Å². The lowest BCUT2D eigenvalue weighted by molar-refractivity contribution is 0.152. The molecule has 1 fully saturated rings. The molecule has 8 nitrogen and oxygen atoms in total. The minimum absolute atomic E-state index is 0.0205. The Kier molecular flexibility index (Phi) is 5.13. The van der Waals surface area contributed by atoms with Crippen molar-refractivity contribution in [3.63, 3.8) is 0 Å². The van der Waals surface area contributed by atoms with Gasteiger partial charge in [-0.05, 0) is 24.6 Å². The van der Waals surface area contributed by atoms with E-state index in [4.69, 9.17) is 9.47 Å². The van der Waals surface area contributed by atoms with Gasteiger partial charge in [0.25, 0.3) is 0 Å². The third-order valence-electron chi connectivity index (χ3n) is 5.52. The number of pyridine rings is 1. The van der Waals surface area contributed by atoms with Crippen LogP contribution in [0.3, 0.4) is 0 Å². The molecule has 1 aliphatic heterocycles. The van der Waals surface area contributed by atoms with E-state index in [2.05, 4.69) is 20.2 Å². The van der Waals surface area contributed by atoms with Crippen LogP contribution in [0.25, 0.3) is 27.8 Å². The number of rotatable bonds is 4. The van der Waals surface area contributed by atoms with Gasteiger partial charge in [0.1, 0.15) is 22.9 Å². The molecule has 0 unspecified atom stereocenters. The lowest BCUT2D eigenvalue weighted by atomic mass is 10.1. The SMILES string of the molecule is COc1ccccc1-n1cc(-c2cccc3c(=O)cc(N4CCCOCC4)[nH]c23)nn1. The molecule has 31 heavy (non-hydrogen) atoms. The summed E-state index contributed by atoms with van der Waals surface area (Å²) in [6.45, 7) is 2.97. The van der Waals surface area contributed by atoms with Gasteiger partial charge in [-0.3, -0.25) is 4.79 Å². The summed E-state index contributed by atoms with van der Waals surface area (Å²) in [5.41, 5.74) is 3.02. The summed E-state index contributed by atoms with van der Waals surface area (Å²) in [4.78, 5) is 18.5. The molecule has 0 atom stereocenters. The van der Waals surface area contributed by atoms with Crippen molar-refractivity contribution >= 4 is 16.7 Å². The van der Waals surface area contributed by atoms with Gasteiger partial charge in [0.2, 0.25) is 0 Å². The fraction of sp³-hybridized carbons (Fsp3) is 0.261. The Morgan fingerprint density at radius 1 is 1.10 bits per heavy atom. The quantitative estimate of drug-likeness (QED) is 0.549. The number of para-hydroxylation sites is 3. The first-order chi connectivity index (χ1) is 15.2. The average molecular weight is 417 g/mol. The third kappa shape index (κ3) is 3.66. The molecule has 1 saturated heterocycles. The van der Waals surface area contributed by atoms with E-state index < -0.39 is 0 Å². The smallest absolute Gasteiger partial charge is 0.191 e. The highest BCUT2D eigenvalue weighted by atomic mass is 16.5. The van der Waals surface area contributed by atoms with E-state index in [0.717, 1.165) is 48.7 Å². The molecule has 0 amide bonds. The number of aromatic nitrogens is 4. The van der Waals surface area contributed by atoms with Crippen LogP contribution in [0.5, 0.6) is 5.75 Å². The van der Waals surface area contributed by atoms with Crippen molar-refractivity contribution < 1.29 is 9.47 Å². The fourth-order valence-corrected chi connectivity index (χ4v) is 3.95. The highest BCUT2D eigenvalue weighted by Crippen LogP contribution is 2.28. The number of benzene rings is 2. The zero-order valence-corrected chi connectivity index (χ0v) is 17.2. The van der Waals surface area contributed by atoms with Crippen molar-refractivity contribution in [2.45, 2.75) is 6.42 Å². The Bertz CT molecular complexity index is 1270. The van der Waals surface area contributed by atoms with Crippen LogP contribution in [0.15, 0.2) is 59.5 Å². The molecule has 3 heterocycles. The van der Waals surface area contributed by atoms with Crippen LogP contribution in [-0.2, 0) is 4.74 Å². The number of methoxy groups -OCH3 is 1. The number of aromatic amines is 1. The van der Waals surface area contributed by atoms with Crippen LogP contribution < -0.4 is 15.1 Å². The van der Waals surface area contributed by atoms with Crippen LogP contribution in [0.1, 0.15) is 6.42 Å². The predicted octanol–water partition coefficient (Wildman–Crippen LogP) is 3.01. The molecular weight excluding hydrogens is 394 g/mol. The molecule has 0 radical (unpaired) electrons. The second-order valence-electron chi connectivity index (χ2n) is 7.42. The maximum atomic E-state index is 12.9. The maximum absolute atomic E-state index is 12.9. The molecule has 1 aliphatic rings. The van der Waals surface area contributed by atoms with Gasteiger partial charge in [0, 0.05) is 36.7 Å². The summed E-state index contributed by atoms with van der Waals surface area (Å²) in [6.07, 6.45) is 2.77. The van der Waals surface area contributed by atoms with Gasteiger partial charge in [-0.25, -0.2) is 4.68 Å². The topological polar surface area (TPSA) is 85.3 Å². The molecule has 0 bridgehead atoms. The molecule has 1 N–H and O–H groups in total. The molecule has 2 aromatic heterocycles. The van der Waals surface area contributed by atoms with Crippen LogP contribution in [0, 0.1) is 0 Å². The standard InChI is InChI=1S/C23H23N5O3/c1-30-21-9-3-2-8-19(21)28-15-18(25-26-28)16-6-4-7-17-20(29)14-22(24-23(16)17)27-10-5-12-31-13-11-27/h2-4,6-9,14-15H,5,10-13H2,1H3,(H,24,29). The van der Waals surface area contributed by atoms with Gasteiger partial charge in [0.05, 0.1) is 25.4 Å². The summed E-state index contributed by atoms with van der Waals surface area (Å²) >= 11 is 0. The zero-order chi connectivity index (χ0) is 21.2. The van der Waals surface area contributed by atoms with Crippen LogP contribution in [0.2, 0.25) is 0 Å². The first-order valence-electron chi connectivity index (χ1n) is 10.3. The summed E-state index contributed by atoms with van der Waals surface area (Å²) in [5, 5.41) is 9.29. The summed E-state index contributed by atoms with van der Waals surface area (Å²) in [7, 11) is 1.63. The Morgan fingerprint density at radius 3 is 2.90 bits per heavy atom. The molecule has 0 saturated carbocycles. The van der Waals surface area contributed by atoms with Gasteiger partial charge in [-0.15, -0.1) is 5.10 Å². The minimum atomic E-state index is -0.0205. The summed E-state index contributed by atoms with van der Waals surface area (Å²) < 4.78 is 12.7. The van der Waals surface area contributed by atoms with E-state index in [-0.39, 0.29) is 5.43 Å². The number of anilines is 1. The zero-order valence-electron chi connectivity index (χ0n) is 17.2. The molecule has 0 spiro atoms. The van der Waals surface area contributed by atoms with Crippen molar-refractivity contribution in [2.75, 3.05) is 38.3 Å². The van der Waals surface area contributed by atoms with E-state index in [9.17, 15) is 4.79 Å². The maximum Gasteiger partial charge on any atom is 0.191 e. The minimum Gasteiger partial charge on any atom is -0.494 e. The van der Waals surface area contributed by atoms with E-state index in [1.54, 1.807) is 17.9 Å². The average Bonchev–Trinajstić information content (AvgIpc) is 3.13. The summed E-state index contributed by atoms with van der Waals surface area (Å²) in [5.74, 6) is 1.50. The Morgan fingerprint density at radius 2 is 2.00 bits per heavy atom. The number of hydrogen-bond donors (Lipinski definition) is 1. The second-order valence-corrected chi connectivity index (χ2v) is 7.42. The highest BCUT2D eigenvalue weighted by molar-refractivity contribution is 5.93. The highest BCUT2D eigenvalue weighted by Gasteiger charge is 2.16. The normalized spacial score (nSPS) is 14.5. The fourth-order valence-electron chi connectivity index (χ4n) is 3.95. The van der Waals surface area contributed by atoms with Gasteiger partial charge < -0.3 is 19.4 Å². The lowest BCUT2D eigenvalue weighted by Crippen LogP contribution is -2.28. The van der Waals surface area contributed by atoms with Crippen molar-refractivity contribution in [1.29, 1.82) is 0 Å². The number of nitrogens with one attached hydrogen (secondary N) is 1. The van der Waals surface area contributed by atoms with Gasteiger partial charge in [0.15, 0.2) is 5.43 Å². The first kappa shape index (κ1) is 19.3. The van der Waals surface area contributed by atoms with E-state index in [1.165, 1.54) is 0 Å². The monoisotopic (exact) mass is 417 g/mol. The van der Waals surface area contributed by atoms with E-state index in [0.29, 0.717) is 23.4 Å². The van der Waals surface area contributed by atoms with Crippen molar-refractivity contribution in [3.05, 3.63) is 65.0 Å². The lowest BCUT2D eigenvalue weighted by Gasteiger charge is -2.22. The Labute approximate surface area is 179 Å². The van der Waals surface area contributed by atoms with Crippen molar-refractivity contribution in [3.8, 4) is 22.7 Å². The summed E-state index contributed by atoms with van der Waals surface area (Å²) in [6, 6.07) is 14.9. The van der Waals surface area contributed by atoms with E-state index >= 15 is 0 Å². The number of ether oxygens (including phenoxy) is 2. The van der Waals surface area contributed by atoms with E-state index in [1.807, 2.05) is 48.7 Å². The largest absolute Gasteiger partial charge is 0.494 e. The van der Waals surface area contributed by atoms with Gasteiger partial charge in [-0.2, -0.15) is 0 Å². The number of nitrogens with zero attached hydrogens (tertiary/aromatic N) is 4. The number of fused-ring (bicyclic) bond motifs is 1. The van der Waals surface area contributed by atoms with Gasteiger partial charge >= 0.3 is 0 Å². The second kappa shape index (κ2) is 8.23. The molecule has 4 aromatic rings. The first-order valence-corrected chi connectivity index (χ1v) is 10.3. The molecule has 8 heteroatoms. The molecule has 0 aliphatic carbocycles. The molecule has 5 rings (SSSR count). The molecule has 158 valence electrons. The Balaban J connectivity index is 1.60. The number of H-pyrrole nitrogens is 1. The number of hydrogen-bond acceptors (Lipinski definition) is 6. The predicted molar refractivity (Wildman–Crippen MR) is 119 cm³/mol. The van der Waals surface area contributed by atoms with Crippen molar-refractivity contribution in [2.24, 2.45) is 0 Å². The Hall–Kier alpha value is -3.65. The van der Waals surface area contributed by atoms with Crippen LogP contribution in [0.4, 0.5) is 5.82 Å². The molecule has 2 aromatic carbocycles. The van der Waals surface area contributed by atoms with Gasteiger partial charge in [-0.1, -0.05) is 29.5 Å². The van der Waals surface area contributed by atoms with Crippen molar-refractivity contribution in [1.82, 2.24) is 20.0 Å². The van der Waals surface area contributed by atoms with Crippen LogP contribution in [-0.4, -0.2) is 53.4 Å². The third-order valence-corrected chi connectivity index (χ3v) is 5.52.